The second-order valence-corrected chi connectivity index (χ2v) is 7.45. The predicted octanol–water partition coefficient (Wildman–Crippen LogP) is 5.10. The number of halogens is 1. The molecule has 0 N–H and O–H groups in total. The summed E-state index contributed by atoms with van der Waals surface area (Å²) in [4.78, 5) is 17.0. The molecule has 3 nitrogen and oxygen atoms in total. The first-order valence-electron chi connectivity index (χ1n) is 7.99. The smallest absolute Gasteiger partial charge is 0.280 e. The zero-order valence-electron chi connectivity index (χ0n) is 14.4. The minimum atomic E-state index is -0.128. The van der Waals surface area contributed by atoms with Crippen molar-refractivity contribution >= 4 is 23.4 Å². The van der Waals surface area contributed by atoms with Crippen LogP contribution in [0.4, 0.5) is 0 Å². The van der Waals surface area contributed by atoms with Crippen LogP contribution in [-0.4, -0.2) is 9.55 Å². The number of rotatable bonds is 4. The summed E-state index contributed by atoms with van der Waals surface area (Å²) in [7, 11) is 0. The van der Waals surface area contributed by atoms with Gasteiger partial charge in [-0.2, -0.15) is 0 Å². The van der Waals surface area contributed by atoms with E-state index in [-0.39, 0.29) is 5.56 Å². The van der Waals surface area contributed by atoms with Crippen LogP contribution in [0, 0.1) is 20.8 Å². The molecule has 0 unspecified atom stereocenters. The fraction of sp³-hybridized carbons (Fsp3) is 0.200. The Morgan fingerprint density at radius 2 is 1.84 bits per heavy atom. The van der Waals surface area contributed by atoms with Gasteiger partial charge in [0.15, 0.2) is 5.03 Å². The van der Waals surface area contributed by atoms with Crippen LogP contribution in [0.5, 0.6) is 0 Å². The standard InChI is InChI=1S/C20H19ClN2OS/c1-13-9-14(2)18(15(3)10-13)12-25-19-20(24)23(8-7-22-19)17-6-4-5-16(21)11-17/h4-11H,12H2,1-3H3. The summed E-state index contributed by atoms with van der Waals surface area (Å²) in [5.74, 6) is 0.722. The highest BCUT2D eigenvalue weighted by molar-refractivity contribution is 7.98. The minimum Gasteiger partial charge on any atom is -0.280 e. The highest BCUT2D eigenvalue weighted by atomic mass is 35.5. The summed E-state index contributed by atoms with van der Waals surface area (Å²) in [5, 5.41) is 1.09. The van der Waals surface area contributed by atoms with E-state index in [1.54, 1.807) is 29.1 Å². The van der Waals surface area contributed by atoms with Gasteiger partial charge >= 0.3 is 0 Å². The zero-order valence-corrected chi connectivity index (χ0v) is 16.0. The Hall–Kier alpha value is -2.04. The summed E-state index contributed by atoms with van der Waals surface area (Å²) in [6.07, 6.45) is 3.32. The zero-order chi connectivity index (χ0) is 18.0. The lowest BCUT2D eigenvalue weighted by molar-refractivity contribution is 0.882. The molecular formula is C20H19ClN2OS. The number of nitrogens with zero attached hydrogens (tertiary/aromatic N) is 2. The summed E-state index contributed by atoms with van der Waals surface area (Å²) in [6, 6.07) is 11.6. The highest BCUT2D eigenvalue weighted by Gasteiger charge is 2.10. The third kappa shape index (κ3) is 3.97. The van der Waals surface area contributed by atoms with Crippen LogP contribution in [0.15, 0.2) is 58.6 Å². The number of aryl methyl sites for hydroxylation is 3. The van der Waals surface area contributed by atoms with Crippen LogP contribution in [0.2, 0.25) is 5.02 Å². The first kappa shape index (κ1) is 17.8. The molecule has 0 saturated heterocycles. The lowest BCUT2D eigenvalue weighted by Gasteiger charge is -2.11. The lowest BCUT2D eigenvalue weighted by atomic mass is 10.0. The Kier molecular flexibility index (Phi) is 5.30. The van der Waals surface area contributed by atoms with Crippen molar-refractivity contribution in [2.24, 2.45) is 0 Å². The molecule has 3 rings (SSSR count). The average molecular weight is 371 g/mol. The largest absolute Gasteiger partial charge is 0.287 e. The van der Waals surface area contributed by atoms with Crippen LogP contribution in [0.25, 0.3) is 5.69 Å². The molecule has 5 heteroatoms. The van der Waals surface area contributed by atoms with Gasteiger partial charge in [0.2, 0.25) is 0 Å². The van der Waals surface area contributed by atoms with E-state index >= 15 is 0 Å². The van der Waals surface area contributed by atoms with Gasteiger partial charge in [0.1, 0.15) is 0 Å². The molecule has 0 radical (unpaired) electrons. The first-order chi connectivity index (χ1) is 12.0. The van der Waals surface area contributed by atoms with E-state index in [1.165, 1.54) is 34.0 Å². The molecule has 0 atom stereocenters. The van der Waals surface area contributed by atoms with Crippen molar-refractivity contribution in [2.45, 2.75) is 31.6 Å². The van der Waals surface area contributed by atoms with Crippen LogP contribution in [0.3, 0.4) is 0 Å². The second kappa shape index (κ2) is 7.46. The van der Waals surface area contributed by atoms with Gasteiger partial charge in [0, 0.05) is 23.2 Å². The SMILES string of the molecule is Cc1cc(C)c(CSc2nccn(-c3cccc(Cl)c3)c2=O)c(C)c1. The van der Waals surface area contributed by atoms with Gasteiger partial charge < -0.3 is 0 Å². The van der Waals surface area contributed by atoms with Crippen LogP contribution in [-0.2, 0) is 5.75 Å². The fourth-order valence-corrected chi connectivity index (χ4v) is 4.18. The van der Waals surface area contributed by atoms with Crippen LogP contribution in [0.1, 0.15) is 22.3 Å². The van der Waals surface area contributed by atoms with E-state index in [9.17, 15) is 4.79 Å². The molecule has 0 spiro atoms. The molecule has 2 aromatic carbocycles. The van der Waals surface area contributed by atoms with Crippen molar-refractivity contribution in [2.75, 3.05) is 0 Å². The van der Waals surface area contributed by atoms with Gasteiger partial charge in [0.05, 0.1) is 5.69 Å². The molecule has 0 aliphatic carbocycles. The minimum absolute atomic E-state index is 0.128. The number of hydrogen-bond donors (Lipinski definition) is 0. The van der Waals surface area contributed by atoms with Crippen molar-refractivity contribution in [3.05, 3.63) is 86.4 Å². The molecule has 128 valence electrons. The average Bonchev–Trinajstić information content (AvgIpc) is 2.55. The quantitative estimate of drug-likeness (QED) is 0.599. The summed E-state index contributed by atoms with van der Waals surface area (Å²) < 4.78 is 1.58. The third-order valence-corrected chi connectivity index (χ3v) is 5.31. The van der Waals surface area contributed by atoms with Crippen molar-refractivity contribution in [1.82, 2.24) is 9.55 Å². The van der Waals surface area contributed by atoms with Crippen LogP contribution >= 0.6 is 23.4 Å². The molecule has 0 saturated carbocycles. The Balaban J connectivity index is 1.90. The number of benzene rings is 2. The summed E-state index contributed by atoms with van der Waals surface area (Å²) in [6.45, 7) is 6.32. The molecule has 3 aromatic rings. The van der Waals surface area contributed by atoms with Gasteiger partial charge in [-0.15, -0.1) is 0 Å². The Bertz CT molecular complexity index is 958. The summed E-state index contributed by atoms with van der Waals surface area (Å²) >= 11 is 7.51. The first-order valence-corrected chi connectivity index (χ1v) is 9.35. The molecule has 25 heavy (non-hydrogen) atoms. The van der Waals surface area contributed by atoms with E-state index in [0.717, 1.165) is 11.4 Å². The van der Waals surface area contributed by atoms with E-state index < -0.39 is 0 Å². The number of hydrogen-bond acceptors (Lipinski definition) is 3. The fourth-order valence-electron chi connectivity index (χ4n) is 2.90. The maximum atomic E-state index is 12.8. The van der Waals surface area contributed by atoms with Crippen LogP contribution < -0.4 is 5.56 Å². The van der Waals surface area contributed by atoms with Crippen molar-refractivity contribution < 1.29 is 0 Å². The normalized spacial score (nSPS) is 10.9. The van der Waals surface area contributed by atoms with E-state index in [1.807, 2.05) is 12.1 Å². The Morgan fingerprint density at radius 3 is 2.52 bits per heavy atom. The van der Waals surface area contributed by atoms with Crippen molar-refractivity contribution in [1.29, 1.82) is 0 Å². The number of thioether (sulfide) groups is 1. The van der Waals surface area contributed by atoms with E-state index in [4.69, 9.17) is 11.6 Å². The van der Waals surface area contributed by atoms with Gasteiger partial charge in [-0.25, -0.2) is 4.98 Å². The molecule has 0 aliphatic heterocycles. The molecule has 0 amide bonds. The van der Waals surface area contributed by atoms with Gasteiger partial charge in [-0.05, 0) is 55.7 Å². The predicted molar refractivity (Wildman–Crippen MR) is 105 cm³/mol. The Labute approximate surface area is 156 Å². The monoisotopic (exact) mass is 370 g/mol. The molecule has 1 heterocycles. The Morgan fingerprint density at radius 1 is 1.12 bits per heavy atom. The maximum Gasteiger partial charge on any atom is 0.287 e. The molecule has 0 fully saturated rings. The van der Waals surface area contributed by atoms with E-state index in [0.29, 0.717) is 10.0 Å². The second-order valence-electron chi connectivity index (χ2n) is 6.05. The summed E-state index contributed by atoms with van der Waals surface area (Å²) in [5.41, 5.74) is 5.62. The van der Waals surface area contributed by atoms with E-state index in [2.05, 4.69) is 37.9 Å². The highest BCUT2D eigenvalue weighted by Crippen LogP contribution is 2.24. The topological polar surface area (TPSA) is 34.9 Å². The van der Waals surface area contributed by atoms with Crippen molar-refractivity contribution in [3.8, 4) is 5.69 Å². The maximum absolute atomic E-state index is 12.8. The van der Waals surface area contributed by atoms with Gasteiger partial charge in [-0.3, -0.25) is 9.36 Å². The molecule has 0 aliphatic rings. The molecular weight excluding hydrogens is 352 g/mol. The van der Waals surface area contributed by atoms with Gasteiger partial charge in [-0.1, -0.05) is 47.1 Å². The number of aromatic nitrogens is 2. The lowest BCUT2D eigenvalue weighted by Crippen LogP contribution is -2.20. The molecule has 1 aromatic heterocycles. The third-order valence-electron chi connectivity index (χ3n) is 4.09. The molecule has 0 bridgehead atoms. The van der Waals surface area contributed by atoms with Crippen molar-refractivity contribution in [3.63, 3.8) is 0 Å². The van der Waals surface area contributed by atoms with Gasteiger partial charge in [0.25, 0.3) is 5.56 Å².